The number of nitrogens with zero attached hydrogens (tertiary/aromatic N) is 2. The molecule has 0 amide bonds. The second kappa shape index (κ2) is 6.01. The number of hydrogen-bond acceptors (Lipinski definition) is 3. The number of rotatable bonds is 3. The fourth-order valence-corrected chi connectivity index (χ4v) is 2.36. The number of nitrogens with one attached hydrogen (secondary N) is 1. The Hall–Kier alpha value is -0.940. The Kier molecular flexibility index (Phi) is 4.58. The van der Waals surface area contributed by atoms with E-state index < -0.39 is 0 Å². The summed E-state index contributed by atoms with van der Waals surface area (Å²) in [4.78, 5) is 9.17. The van der Waals surface area contributed by atoms with Crippen LogP contribution in [0.15, 0.2) is 27.1 Å². The molecular weight excluding hydrogens is 370 g/mol. The molecule has 3 nitrogen and oxygen atoms in total. The van der Waals surface area contributed by atoms with Crippen molar-refractivity contribution in [3.05, 3.63) is 38.4 Å². The van der Waals surface area contributed by atoms with Crippen molar-refractivity contribution in [1.29, 1.82) is 0 Å². The number of halogens is 2. The highest BCUT2D eigenvalue weighted by molar-refractivity contribution is 9.13. The normalized spacial score (nSPS) is 10.6. The molecule has 1 aromatic heterocycles. The molecule has 0 radical (unpaired) electrons. The fourth-order valence-electron chi connectivity index (χ4n) is 1.73. The molecule has 0 saturated carbocycles. The van der Waals surface area contributed by atoms with Crippen molar-refractivity contribution in [2.45, 2.75) is 20.8 Å². The molecule has 2 aromatic rings. The topological polar surface area (TPSA) is 37.8 Å². The first-order chi connectivity index (χ1) is 9.02. The van der Waals surface area contributed by atoms with Gasteiger partial charge < -0.3 is 5.32 Å². The van der Waals surface area contributed by atoms with Crippen molar-refractivity contribution >= 4 is 37.7 Å². The number of hydrogen-bond donors (Lipinski definition) is 1. The smallest absolute Gasteiger partial charge is 0.161 e. The van der Waals surface area contributed by atoms with Crippen LogP contribution >= 0.6 is 31.9 Å². The Balaban J connectivity index is 2.52. The van der Waals surface area contributed by atoms with Gasteiger partial charge in [0.1, 0.15) is 5.82 Å². The van der Waals surface area contributed by atoms with Gasteiger partial charge in [-0.2, -0.15) is 0 Å². The van der Waals surface area contributed by atoms with Crippen molar-refractivity contribution < 1.29 is 0 Å². The zero-order chi connectivity index (χ0) is 14.0. The highest BCUT2D eigenvalue weighted by Crippen LogP contribution is 2.29. The van der Waals surface area contributed by atoms with E-state index in [-0.39, 0.29) is 0 Å². The molecule has 0 bridgehead atoms. The average Bonchev–Trinajstić information content (AvgIpc) is 2.38. The van der Waals surface area contributed by atoms with Crippen LogP contribution < -0.4 is 5.32 Å². The Morgan fingerprint density at radius 1 is 1.11 bits per heavy atom. The summed E-state index contributed by atoms with van der Waals surface area (Å²) in [5, 5.41) is 3.28. The van der Waals surface area contributed by atoms with Gasteiger partial charge in [-0.25, -0.2) is 9.97 Å². The van der Waals surface area contributed by atoms with E-state index in [1.165, 1.54) is 0 Å². The lowest BCUT2D eigenvalue weighted by atomic mass is 10.2. The van der Waals surface area contributed by atoms with E-state index in [9.17, 15) is 0 Å². The maximum atomic E-state index is 4.61. The molecule has 1 aromatic carbocycles. The highest BCUT2D eigenvalue weighted by atomic mass is 79.9. The first kappa shape index (κ1) is 14.5. The predicted molar refractivity (Wildman–Crippen MR) is 86.5 cm³/mol. The van der Waals surface area contributed by atoms with Crippen LogP contribution in [0.25, 0.3) is 11.4 Å². The molecule has 19 heavy (non-hydrogen) atoms. The quantitative estimate of drug-likeness (QED) is 0.831. The molecule has 5 heteroatoms. The Morgan fingerprint density at radius 2 is 1.84 bits per heavy atom. The SMILES string of the molecule is CCNc1nc(-c2ccc(Br)c(Br)c2)nc(C)c1C. The summed E-state index contributed by atoms with van der Waals surface area (Å²) in [6.07, 6.45) is 0. The van der Waals surface area contributed by atoms with Gasteiger partial charge in [0.25, 0.3) is 0 Å². The van der Waals surface area contributed by atoms with Crippen molar-refractivity contribution in [2.75, 3.05) is 11.9 Å². The van der Waals surface area contributed by atoms with Crippen LogP contribution in [0.5, 0.6) is 0 Å². The molecule has 0 spiro atoms. The molecule has 0 fully saturated rings. The third-order valence-electron chi connectivity index (χ3n) is 2.91. The molecule has 1 N–H and O–H groups in total. The Labute approximate surface area is 130 Å². The third-order valence-corrected chi connectivity index (χ3v) is 4.79. The summed E-state index contributed by atoms with van der Waals surface area (Å²) >= 11 is 6.97. The van der Waals surface area contributed by atoms with Crippen LogP contribution in [0.1, 0.15) is 18.2 Å². The molecule has 0 aliphatic rings. The maximum absolute atomic E-state index is 4.61. The summed E-state index contributed by atoms with van der Waals surface area (Å²) in [5.41, 5.74) is 3.10. The van der Waals surface area contributed by atoms with E-state index in [0.29, 0.717) is 0 Å². The van der Waals surface area contributed by atoms with Crippen LogP contribution in [0.4, 0.5) is 5.82 Å². The summed E-state index contributed by atoms with van der Waals surface area (Å²) in [5.74, 6) is 1.65. The van der Waals surface area contributed by atoms with Gasteiger partial charge in [0.05, 0.1) is 0 Å². The molecule has 100 valence electrons. The van der Waals surface area contributed by atoms with E-state index in [4.69, 9.17) is 0 Å². The second-order valence-electron chi connectivity index (χ2n) is 4.27. The molecule has 2 rings (SSSR count). The summed E-state index contributed by atoms with van der Waals surface area (Å²) in [6, 6.07) is 6.02. The minimum Gasteiger partial charge on any atom is -0.370 e. The lowest BCUT2D eigenvalue weighted by Gasteiger charge is -2.11. The third kappa shape index (κ3) is 3.15. The summed E-state index contributed by atoms with van der Waals surface area (Å²) in [7, 11) is 0. The first-order valence-corrected chi connectivity index (χ1v) is 7.66. The molecule has 0 saturated heterocycles. The Morgan fingerprint density at radius 3 is 2.47 bits per heavy atom. The van der Waals surface area contributed by atoms with Crippen molar-refractivity contribution in [1.82, 2.24) is 9.97 Å². The van der Waals surface area contributed by atoms with Gasteiger partial charge in [-0.3, -0.25) is 0 Å². The lowest BCUT2D eigenvalue weighted by molar-refractivity contribution is 1.05. The zero-order valence-electron chi connectivity index (χ0n) is 11.1. The van der Waals surface area contributed by atoms with Crippen LogP contribution in [0, 0.1) is 13.8 Å². The van der Waals surface area contributed by atoms with Gasteiger partial charge in [-0.05, 0) is 70.8 Å². The second-order valence-corrected chi connectivity index (χ2v) is 5.97. The lowest BCUT2D eigenvalue weighted by Crippen LogP contribution is -2.06. The molecule has 0 atom stereocenters. The maximum Gasteiger partial charge on any atom is 0.161 e. The molecule has 0 aliphatic carbocycles. The Bertz CT molecular complexity index is 612. The van der Waals surface area contributed by atoms with Crippen LogP contribution in [0.3, 0.4) is 0 Å². The molecule has 1 heterocycles. The fraction of sp³-hybridized carbons (Fsp3) is 0.286. The van der Waals surface area contributed by atoms with Crippen LogP contribution in [-0.2, 0) is 0 Å². The minimum absolute atomic E-state index is 0.743. The molecular formula is C14H15Br2N3. The number of aryl methyl sites for hydroxylation is 1. The van der Waals surface area contributed by atoms with Gasteiger partial charge >= 0.3 is 0 Å². The highest BCUT2D eigenvalue weighted by Gasteiger charge is 2.10. The summed E-state index contributed by atoms with van der Waals surface area (Å²) < 4.78 is 2.02. The standard InChI is InChI=1S/C14H15Br2N3/c1-4-17-13-8(2)9(3)18-14(19-13)10-5-6-11(15)12(16)7-10/h5-7H,4H2,1-3H3,(H,17,18,19). The number of benzene rings is 1. The molecule has 0 unspecified atom stereocenters. The first-order valence-electron chi connectivity index (χ1n) is 6.07. The summed E-state index contributed by atoms with van der Waals surface area (Å²) in [6.45, 7) is 6.96. The number of anilines is 1. The zero-order valence-corrected chi connectivity index (χ0v) is 14.3. The molecule has 0 aliphatic heterocycles. The van der Waals surface area contributed by atoms with Crippen molar-refractivity contribution in [3.63, 3.8) is 0 Å². The van der Waals surface area contributed by atoms with Crippen molar-refractivity contribution in [3.8, 4) is 11.4 Å². The van der Waals surface area contributed by atoms with Gasteiger partial charge in [0, 0.05) is 32.3 Å². The van der Waals surface area contributed by atoms with E-state index in [0.717, 1.165) is 44.0 Å². The van der Waals surface area contributed by atoms with E-state index in [2.05, 4.69) is 54.1 Å². The van der Waals surface area contributed by atoms with Gasteiger partial charge in [0.2, 0.25) is 0 Å². The monoisotopic (exact) mass is 383 g/mol. The van der Waals surface area contributed by atoms with Crippen LogP contribution in [-0.4, -0.2) is 16.5 Å². The van der Waals surface area contributed by atoms with Crippen molar-refractivity contribution in [2.24, 2.45) is 0 Å². The minimum atomic E-state index is 0.743. The van der Waals surface area contributed by atoms with E-state index in [1.807, 2.05) is 32.0 Å². The predicted octanol–water partition coefficient (Wildman–Crippen LogP) is 4.72. The van der Waals surface area contributed by atoms with Gasteiger partial charge in [-0.1, -0.05) is 0 Å². The van der Waals surface area contributed by atoms with E-state index >= 15 is 0 Å². The average molecular weight is 385 g/mol. The number of aromatic nitrogens is 2. The van der Waals surface area contributed by atoms with Gasteiger partial charge in [0.15, 0.2) is 5.82 Å². The van der Waals surface area contributed by atoms with Gasteiger partial charge in [-0.15, -0.1) is 0 Å². The van der Waals surface area contributed by atoms with Crippen LogP contribution in [0.2, 0.25) is 0 Å². The largest absolute Gasteiger partial charge is 0.370 e. The van der Waals surface area contributed by atoms with E-state index in [1.54, 1.807) is 0 Å².